The van der Waals surface area contributed by atoms with Gasteiger partial charge in [0.25, 0.3) is 0 Å². The van der Waals surface area contributed by atoms with Gasteiger partial charge in [-0.3, -0.25) is 4.79 Å². The highest BCUT2D eigenvalue weighted by Gasteiger charge is 2.32. The summed E-state index contributed by atoms with van der Waals surface area (Å²) in [7, 11) is 0. The minimum absolute atomic E-state index is 0. The lowest BCUT2D eigenvalue weighted by atomic mass is 9.92. The molecule has 0 aliphatic carbocycles. The fourth-order valence-electron chi connectivity index (χ4n) is 2.67. The zero-order valence-corrected chi connectivity index (χ0v) is 13.3. The normalized spacial score (nSPS) is 21.9. The number of piperidine rings is 1. The summed E-state index contributed by atoms with van der Waals surface area (Å²) in [6, 6.07) is 3.96. The number of alkyl halides is 3. The molecule has 1 aromatic rings. The van der Waals surface area contributed by atoms with Crippen LogP contribution in [0.3, 0.4) is 0 Å². The van der Waals surface area contributed by atoms with Crippen LogP contribution in [0.1, 0.15) is 30.9 Å². The molecule has 7 heteroatoms. The van der Waals surface area contributed by atoms with E-state index in [4.69, 9.17) is 0 Å². The molecule has 1 aliphatic heterocycles. The molecule has 2 atom stereocenters. The summed E-state index contributed by atoms with van der Waals surface area (Å²) in [6.07, 6.45) is -2.88. The lowest BCUT2D eigenvalue weighted by Gasteiger charge is -2.27. The van der Waals surface area contributed by atoms with Crippen molar-refractivity contribution in [3.8, 4) is 0 Å². The van der Waals surface area contributed by atoms with Crippen molar-refractivity contribution in [2.45, 2.75) is 38.9 Å². The first kappa shape index (κ1) is 18.8. The van der Waals surface area contributed by atoms with Crippen LogP contribution in [-0.2, 0) is 11.0 Å². The molecule has 0 bridgehead atoms. The maximum absolute atomic E-state index is 12.7. The van der Waals surface area contributed by atoms with Crippen LogP contribution in [0.15, 0.2) is 18.2 Å². The van der Waals surface area contributed by atoms with Gasteiger partial charge < -0.3 is 10.6 Å². The number of hydrogen-bond donors (Lipinski definition) is 2. The van der Waals surface area contributed by atoms with Gasteiger partial charge in [0.1, 0.15) is 0 Å². The van der Waals surface area contributed by atoms with Crippen molar-refractivity contribution in [3.05, 3.63) is 29.3 Å². The molecule has 22 heavy (non-hydrogen) atoms. The first-order valence-electron chi connectivity index (χ1n) is 6.99. The zero-order valence-electron chi connectivity index (χ0n) is 12.5. The molecule has 1 fully saturated rings. The molecule has 1 aromatic carbocycles. The van der Waals surface area contributed by atoms with Gasteiger partial charge in [-0.15, -0.1) is 12.4 Å². The van der Waals surface area contributed by atoms with E-state index in [1.807, 2.05) is 6.92 Å². The van der Waals surface area contributed by atoms with Gasteiger partial charge in [-0.25, -0.2) is 0 Å². The highest BCUT2D eigenvalue weighted by Crippen LogP contribution is 2.33. The zero-order chi connectivity index (χ0) is 15.6. The minimum atomic E-state index is -4.36. The third-order valence-corrected chi connectivity index (χ3v) is 3.79. The second-order valence-corrected chi connectivity index (χ2v) is 5.59. The monoisotopic (exact) mass is 336 g/mol. The highest BCUT2D eigenvalue weighted by molar-refractivity contribution is 5.92. The third kappa shape index (κ3) is 4.61. The second-order valence-electron chi connectivity index (χ2n) is 5.59. The first-order chi connectivity index (χ1) is 9.77. The lowest BCUT2D eigenvalue weighted by Crippen LogP contribution is -2.40. The average molecular weight is 337 g/mol. The summed E-state index contributed by atoms with van der Waals surface area (Å²) >= 11 is 0. The van der Waals surface area contributed by atoms with Gasteiger partial charge in [0, 0.05) is 17.6 Å². The molecular formula is C15H20ClF3N2O. The van der Waals surface area contributed by atoms with Gasteiger partial charge in [0.15, 0.2) is 0 Å². The number of hydrogen-bond acceptors (Lipinski definition) is 2. The number of anilines is 1. The Morgan fingerprint density at radius 2 is 2.05 bits per heavy atom. The van der Waals surface area contributed by atoms with E-state index >= 15 is 0 Å². The van der Waals surface area contributed by atoms with E-state index in [0.29, 0.717) is 5.69 Å². The number of nitrogens with one attached hydrogen (secondary N) is 2. The molecule has 0 radical (unpaired) electrons. The number of rotatable bonds is 2. The molecule has 1 saturated heterocycles. The topological polar surface area (TPSA) is 41.1 Å². The first-order valence-corrected chi connectivity index (χ1v) is 6.99. The Balaban J connectivity index is 0.00000242. The SMILES string of the molecule is Cc1cc(NC(=O)[C@H]2CCN[C@@H](C)C2)ccc1C(F)(F)F.Cl. The van der Waals surface area contributed by atoms with E-state index in [1.54, 1.807) is 0 Å². The molecule has 0 unspecified atom stereocenters. The Morgan fingerprint density at radius 1 is 1.36 bits per heavy atom. The fraction of sp³-hybridized carbons (Fsp3) is 0.533. The third-order valence-electron chi connectivity index (χ3n) is 3.79. The molecule has 124 valence electrons. The van der Waals surface area contributed by atoms with Crippen molar-refractivity contribution in [2.75, 3.05) is 11.9 Å². The highest BCUT2D eigenvalue weighted by atomic mass is 35.5. The molecule has 1 heterocycles. The maximum atomic E-state index is 12.7. The predicted molar refractivity (Wildman–Crippen MR) is 82.2 cm³/mol. The van der Waals surface area contributed by atoms with Crippen LogP contribution in [0.5, 0.6) is 0 Å². The minimum Gasteiger partial charge on any atom is -0.326 e. The van der Waals surface area contributed by atoms with E-state index in [-0.39, 0.29) is 35.8 Å². The molecule has 1 aliphatic rings. The van der Waals surface area contributed by atoms with Crippen LogP contribution in [0, 0.1) is 12.8 Å². The summed E-state index contributed by atoms with van der Waals surface area (Å²) in [4.78, 5) is 12.1. The van der Waals surface area contributed by atoms with Gasteiger partial charge in [-0.05, 0) is 57.0 Å². The number of carbonyl (C=O) groups excluding carboxylic acids is 1. The van der Waals surface area contributed by atoms with E-state index < -0.39 is 11.7 Å². The van der Waals surface area contributed by atoms with Gasteiger partial charge in [0.05, 0.1) is 5.56 Å². The van der Waals surface area contributed by atoms with E-state index in [1.165, 1.54) is 19.1 Å². The Hall–Kier alpha value is -1.27. The van der Waals surface area contributed by atoms with Gasteiger partial charge >= 0.3 is 6.18 Å². The van der Waals surface area contributed by atoms with E-state index in [9.17, 15) is 18.0 Å². The van der Waals surface area contributed by atoms with Crippen LogP contribution in [-0.4, -0.2) is 18.5 Å². The van der Waals surface area contributed by atoms with Crippen LogP contribution < -0.4 is 10.6 Å². The quantitative estimate of drug-likeness (QED) is 0.863. The maximum Gasteiger partial charge on any atom is 0.416 e. The smallest absolute Gasteiger partial charge is 0.326 e. The Kier molecular flexibility index (Phi) is 6.26. The van der Waals surface area contributed by atoms with Crippen molar-refractivity contribution in [1.29, 1.82) is 0 Å². The summed E-state index contributed by atoms with van der Waals surface area (Å²) in [6.45, 7) is 4.19. The number of aryl methyl sites for hydroxylation is 1. The molecule has 0 saturated carbocycles. The van der Waals surface area contributed by atoms with Crippen LogP contribution >= 0.6 is 12.4 Å². The summed E-state index contributed by atoms with van der Waals surface area (Å²) < 4.78 is 38.0. The fourth-order valence-corrected chi connectivity index (χ4v) is 2.67. The summed E-state index contributed by atoms with van der Waals surface area (Å²) in [5.74, 6) is -0.216. The van der Waals surface area contributed by atoms with Gasteiger partial charge in [-0.2, -0.15) is 13.2 Å². The Labute approximate surface area is 134 Å². The Bertz CT molecular complexity index is 534. The number of benzene rings is 1. The molecule has 2 rings (SSSR count). The summed E-state index contributed by atoms with van der Waals surface area (Å²) in [5, 5.41) is 5.98. The molecule has 1 amide bonds. The van der Waals surface area contributed by atoms with Crippen molar-refractivity contribution in [3.63, 3.8) is 0 Å². The van der Waals surface area contributed by atoms with Crippen LogP contribution in [0.2, 0.25) is 0 Å². The number of amides is 1. The van der Waals surface area contributed by atoms with Gasteiger partial charge in [0.2, 0.25) is 5.91 Å². The number of carbonyl (C=O) groups is 1. The second kappa shape index (κ2) is 7.33. The largest absolute Gasteiger partial charge is 0.416 e. The molecule has 2 N–H and O–H groups in total. The Morgan fingerprint density at radius 3 is 2.59 bits per heavy atom. The summed E-state index contributed by atoms with van der Waals surface area (Å²) in [5.41, 5.74) is -0.147. The lowest BCUT2D eigenvalue weighted by molar-refractivity contribution is -0.138. The van der Waals surface area contributed by atoms with E-state index in [2.05, 4.69) is 10.6 Å². The van der Waals surface area contributed by atoms with E-state index in [0.717, 1.165) is 25.5 Å². The van der Waals surface area contributed by atoms with Crippen LogP contribution in [0.25, 0.3) is 0 Å². The standard InChI is InChI=1S/C15H19F3N2O.ClH/c1-9-7-12(3-4-13(9)15(16,17)18)20-14(21)11-5-6-19-10(2)8-11;/h3-4,7,10-11,19H,5-6,8H2,1-2H3,(H,20,21);1H/t10-,11-;/m0./s1. The van der Waals surface area contributed by atoms with Crippen molar-refractivity contribution in [2.24, 2.45) is 5.92 Å². The van der Waals surface area contributed by atoms with Gasteiger partial charge in [-0.1, -0.05) is 0 Å². The molecule has 3 nitrogen and oxygen atoms in total. The molecule has 0 spiro atoms. The van der Waals surface area contributed by atoms with Crippen molar-refractivity contribution < 1.29 is 18.0 Å². The van der Waals surface area contributed by atoms with Crippen molar-refractivity contribution >= 4 is 24.0 Å². The average Bonchev–Trinajstić information content (AvgIpc) is 2.37. The number of halogens is 4. The molecule has 0 aromatic heterocycles. The predicted octanol–water partition coefficient (Wildman–Crippen LogP) is 3.76. The van der Waals surface area contributed by atoms with Crippen LogP contribution in [0.4, 0.5) is 18.9 Å². The van der Waals surface area contributed by atoms with Crippen molar-refractivity contribution in [1.82, 2.24) is 5.32 Å². The molecular weight excluding hydrogens is 317 g/mol.